The monoisotopic (exact) mass is 643 g/mol. The first-order valence-electron chi connectivity index (χ1n) is 18.4. The lowest BCUT2D eigenvalue weighted by Crippen LogP contribution is -2.28. The molecule has 7 aromatic carbocycles. The van der Waals surface area contributed by atoms with Gasteiger partial charge in [-0.05, 0) is 104 Å². The van der Waals surface area contributed by atoms with Gasteiger partial charge in [-0.1, -0.05) is 154 Å². The highest BCUT2D eigenvalue weighted by molar-refractivity contribution is 5.99. The van der Waals surface area contributed by atoms with Gasteiger partial charge in [0.15, 0.2) is 0 Å². The lowest BCUT2D eigenvalue weighted by atomic mass is 9.68. The summed E-state index contributed by atoms with van der Waals surface area (Å²) >= 11 is 0. The first kappa shape index (κ1) is 29.5. The van der Waals surface area contributed by atoms with Crippen molar-refractivity contribution in [3.8, 4) is 33.4 Å². The zero-order chi connectivity index (χ0) is 33.5. The maximum Gasteiger partial charge on any atom is 0.0540 e. The standard InChI is InChI=1S/C49H41N/c1-48(2)43-21-8-6-18-40(43)42-20-13-19-38(47(42)48)34-24-26-35(27-25-34)50(46-23-12-15-33-14-4-5-16-37(33)46)36-28-29-41-39-17-7-9-22-44(39)49(45(41)32-36)30-10-3-11-31-49/h4-9,12-29,32H,3,10-11,30-31H2,1-2H3. The molecular formula is C49H41N. The van der Waals surface area contributed by atoms with Crippen LogP contribution in [0.1, 0.15) is 68.2 Å². The molecule has 50 heavy (non-hydrogen) atoms. The molecule has 3 aliphatic carbocycles. The molecule has 0 unspecified atom stereocenters. The molecule has 242 valence electrons. The van der Waals surface area contributed by atoms with Crippen LogP contribution in [0.15, 0.2) is 152 Å². The highest BCUT2D eigenvalue weighted by Gasteiger charge is 2.44. The van der Waals surface area contributed by atoms with Crippen molar-refractivity contribution in [1.82, 2.24) is 0 Å². The second-order valence-corrected chi connectivity index (χ2v) is 15.2. The van der Waals surface area contributed by atoms with Crippen molar-refractivity contribution in [3.63, 3.8) is 0 Å². The Morgan fingerprint density at radius 2 is 1.06 bits per heavy atom. The minimum Gasteiger partial charge on any atom is -0.310 e. The van der Waals surface area contributed by atoms with Gasteiger partial charge in [-0.2, -0.15) is 0 Å². The van der Waals surface area contributed by atoms with Crippen molar-refractivity contribution in [2.75, 3.05) is 4.90 Å². The fraction of sp³-hybridized carbons (Fsp3) is 0.184. The van der Waals surface area contributed by atoms with Crippen LogP contribution >= 0.6 is 0 Å². The van der Waals surface area contributed by atoms with Gasteiger partial charge in [-0.15, -0.1) is 0 Å². The molecule has 3 aliphatic rings. The van der Waals surface area contributed by atoms with E-state index in [1.54, 1.807) is 0 Å². The van der Waals surface area contributed by atoms with Crippen LogP contribution < -0.4 is 4.90 Å². The number of anilines is 3. The normalized spacial score (nSPS) is 16.1. The largest absolute Gasteiger partial charge is 0.310 e. The van der Waals surface area contributed by atoms with Crippen LogP contribution in [0.3, 0.4) is 0 Å². The molecule has 0 radical (unpaired) electrons. The van der Waals surface area contributed by atoms with Crippen LogP contribution in [-0.2, 0) is 10.8 Å². The van der Waals surface area contributed by atoms with E-state index < -0.39 is 0 Å². The van der Waals surface area contributed by atoms with E-state index >= 15 is 0 Å². The Balaban J connectivity index is 1.14. The summed E-state index contributed by atoms with van der Waals surface area (Å²) in [4.78, 5) is 2.50. The van der Waals surface area contributed by atoms with Gasteiger partial charge in [-0.3, -0.25) is 0 Å². The van der Waals surface area contributed by atoms with Gasteiger partial charge in [0.05, 0.1) is 5.69 Å². The quantitative estimate of drug-likeness (QED) is 0.184. The number of hydrogen-bond acceptors (Lipinski definition) is 1. The molecule has 0 saturated heterocycles. The number of nitrogens with zero attached hydrogens (tertiary/aromatic N) is 1. The summed E-state index contributed by atoms with van der Waals surface area (Å²) in [5.74, 6) is 0. The first-order chi connectivity index (χ1) is 24.5. The van der Waals surface area contributed by atoms with Crippen molar-refractivity contribution >= 4 is 27.8 Å². The van der Waals surface area contributed by atoms with Gasteiger partial charge >= 0.3 is 0 Å². The number of rotatable bonds is 4. The van der Waals surface area contributed by atoms with Gasteiger partial charge in [0.1, 0.15) is 0 Å². The SMILES string of the molecule is CC1(C)c2ccccc2-c2cccc(-c3ccc(N(c4ccc5c(c4)C4(CCCCC4)c4ccccc4-5)c4cccc5ccccc45)cc3)c21. The third-order valence-corrected chi connectivity index (χ3v) is 12.2. The smallest absolute Gasteiger partial charge is 0.0540 e. The van der Waals surface area contributed by atoms with Crippen LogP contribution in [0.4, 0.5) is 17.1 Å². The van der Waals surface area contributed by atoms with Crippen LogP contribution in [0.25, 0.3) is 44.2 Å². The molecule has 7 aromatic rings. The van der Waals surface area contributed by atoms with Crippen LogP contribution in [-0.4, -0.2) is 0 Å². The molecule has 0 heterocycles. The van der Waals surface area contributed by atoms with E-state index in [9.17, 15) is 0 Å². The topological polar surface area (TPSA) is 3.24 Å². The molecule has 1 fully saturated rings. The number of hydrogen-bond donors (Lipinski definition) is 0. The summed E-state index contributed by atoms with van der Waals surface area (Å²) in [5, 5.41) is 2.52. The molecule has 10 rings (SSSR count). The van der Waals surface area contributed by atoms with Gasteiger partial charge in [0.25, 0.3) is 0 Å². The number of fused-ring (bicyclic) bond motifs is 9. The molecule has 0 amide bonds. The van der Waals surface area contributed by atoms with Crippen LogP contribution in [0, 0.1) is 0 Å². The second kappa shape index (κ2) is 11.1. The van der Waals surface area contributed by atoms with E-state index in [2.05, 4.69) is 170 Å². The average Bonchev–Trinajstić information content (AvgIpc) is 3.57. The van der Waals surface area contributed by atoms with E-state index in [0.29, 0.717) is 0 Å². The molecular weight excluding hydrogens is 603 g/mol. The van der Waals surface area contributed by atoms with Crippen molar-refractivity contribution in [2.45, 2.75) is 56.8 Å². The number of benzene rings is 7. The minimum absolute atomic E-state index is 0.0623. The summed E-state index contributed by atoms with van der Waals surface area (Å²) in [7, 11) is 0. The maximum atomic E-state index is 2.54. The van der Waals surface area contributed by atoms with E-state index in [4.69, 9.17) is 0 Å². The summed E-state index contributed by atoms with van der Waals surface area (Å²) < 4.78 is 0. The Hall–Kier alpha value is -5.40. The van der Waals surface area contributed by atoms with Crippen LogP contribution in [0.2, 0.25) is 0 Å². The predicted octanol–water partition coefficient (Wildman–Crippen LogP) is 13.5. The molecule has 0 N–H and O–H groups in total. The Morgan fingerprint density at radius 1 is 0.460 bits per heavy atom. The lowest BCUT2D eigenvalue weighted by Gasteiger charge is -2.36. The zero-order valence-electron chi connectivity index (χ0n) is 28.9. The Bertz CT molecular complexity index is 2430. The Labute approximate surface area is 295 Å². The molecule has 0 atom stereocenters. The average molecular weight is 644 g/mol. The summed E-state index contributed by atoms with van der Waals surface area (Å²) in [5.41, 5.74) is 17.7. The first-order valence-corrected chi connectivity index (χ1v) is 18.4. The third kappa shape index (κ3) is 4.19. The summed E-state index contributed by atoms with van der Waals surface area (Å²) in [6.45, 7) is 4.76. The van der Waals surface area contributed by atoms with E-state index in [1.807, 2.05) is 0 Å². The minimum atomic E-state index is -0.0623. The fourth-order valence-corrected chi connectivity index (χ4v) is 9.99. The fourth-order valence-electron chi connectivity index (χ4n) is 9.99. The summed E-state index contributed by atoms with van der Waals surface area (Å²) in [6.07, 6.45) is 6.37. The Kier molecular flexibility index (Phi) is 6.52. The second-order valence-electron chi connectivity index (χ2n) is 15.2. The molecule has 1 spiro atoms. The molecule has 1 heteroatoms. The van der Waals surface area contributed by atoms with Crippen molar-refractivity contribution in [3.05, 3.63) is 174 Å². The molecule has 0 aliphatic heterocycles. The van der Waals surface area contributed by atoms with Gasteiger partial charge in [0.2, 0.25) is 0 Å². The highest BCUT2D eigenvalue weighted by atomic mass is 15.1. The zero-order valence-corrected chi connectivity index (χ0v) is 28.9. The molecule has 1 saturated carbocycles. The third-order valence-electron chi connectivity index (χ3n) is 12.2. The summed E-state index contributed by atoms with van der Waals surface area (Å²) in [6, 6.07) is 57.2. The molecule has 1 nitrogen and oxygen atoms in total. The maximum absolute atomic E-state index is 2.54. The van der Waals surface area contributed by atoms with Gasteiger partial charge in [0, 0.05) is 27.6 Å². The van der Waals surface area contributed by atoms with Crippen LogP contribution in [0.5, 0.6) is 0 Å². The van der Waals surface area contributed by atoms with Gasteiger partial charge in [-0.25, -0.2) is 0 Å². The van der Waals surface area contributed by atoms with Crippen molar-refractivity contribution < 1.29 is 0 Å². The highest BCUT2D eigenvalue weighted by Crippen LogP contribution is 2.57. The van der Waals surface area contributed by atoms with Crippen molar-refractivity contribution in [2.24, 2.45) is 0 Å². The van der Waals surface area contributed by atoms with E-state index in [0.717, 1.165) is 0 Å². The lowest BCUT2D eigenvalue weighted by molar-refractivity contribution is 0.353. The van der Waals surface area contributed by atoms with E-state index in [-0.39, 0.29) is 10.8 Å². The van der Waals surface area contributed by atoms with Crippen molar-refractivity contribution in [1.29, 1.82) is 0 Å². The predicted molar refractivity (Wildman–Crippen MR) is 211 cm³/mol. The Morgan fingerprint density at radius 3 is 1.88 bits per heavy atom. The van der Waals surface area contributed by atoms with E-state index in [1.165, 1.54) is 116 Å². The van der Waals surface area contributed by atoms with Gasteiger partial charge < -0.3 is 4.90 Å². The molecule has 0 aromatic heterocycles. The molecule has 0 bridgehead atoms.